The molecule has 2 atom stereocenters. The first-order valence-corrected chi connectivity index (χ1v) is 14.9. The van der Waals surface area contributed by atoms with E-state index >= 15 is 0 Å². The minimum Gasteiger partial charge on any atom is -0.468 e. The van der Waals surface area contributed by atoms with Crippen LogP contribution in [0.4, 0.5) is 4.39 Å². The fourth-order valence-electron chi connectivity index (χ4n) is 4.02. The van der Waals surface area contributed by atoms with E-state index in [4.69, 9.17) is 43.6 Å². The van der Waals surface area contributed by atoms with E-state index in [1.165, 1.54) is 43.0 Å². The molecule has 3 rings (SSSR count). The van der Waals surface area contributed by atoms with Crippen molar-refractivity contribution in [3.8, 4) is 5.75 Å². The number of piperidine rings is 1. The minimum absolute atomic E-state index is 0.0387. The van der Waals surface area contributed by atoms with Crippen LogP contribution in [0.25, 0.3) is 0 Å². The summed E-state index contributed by atoms with van der Waals surface area (Å²) in [6, 6.07) is 8.02. The Bertz CT molecular complexity index is 1400. The number of methoxy groups -OCH3 is 1. The molecule has 0 aromatic heterocycles. The number of ether oxygens (including phenoxy) is 1. The first kappa shape index (κ1) is 33.0. The third-order valence-corrected chi connectivity index (χ3v) is 9.20. The summed E-state index contributed by atoms with van der Waals surface area (Å²) in [5.74, 6) is -2.53. The number of nitrogens with two attached hydrogens (primary N) is 1. The molecule has 2 amide bonds. The highest BCUT2D eigenvalue weighted by Gasteiger charge is 2.39. The van der Waals surface area contributed by atoms with E-state index in [-0.39, 0.29) is 40.1 Å². The molecule has 0 spiro atoms. The van der Waals surface area contributed by atoms with Crippen molar-refractivity contribution in [1.82, 2.24) is 20.4 Å². The van der Waals surface area contributed by atoms with E-state index in [0.29, 0.717) is 12.8 Å². The highest BCUT2D eigenvalue weighted by atomic mass is 35.5. The Morgan fingerprint density at radius 3 is 2.29 bits per heavy atom. The maximum Gasteiger partial charge on any atom is 0.393 e. The Labute approximate surface area is 251 Å². The van der Waals surface area contributed by atoms with Gasteiger partial charge in [0.2, 0.25) is 0 Å². The van der Waals surface area contributed by atoms with Gasteiger partial charge in [-0.3, -0.25) is 14.4 Å². The molecule has 1 aliphatic rings. The quantitative estimate of drug-likeness (QED) is 0.106. The van der Waals surface area contributed by atoms with Crippen molar-refractivity contribution in [3.05, 3.63) is 75.3 Å². The van der Waals surface area contributed by atoms with Crippen LogP contribution in [0.2, 0.25) is 10.0 Å². The zero-order valence-corrected chi connectivity index (χ0v) is 25.1. The van der Waals surface area contributed by atoms with Crippen molar-refractivity contribution >= 4 is 54.9 Å². The molecule has 1 aliphatic heterocycles. The molecule has 1 fully saturated rings. The van der Waals surface area contributed by atoms with Gasteiger partial charge in [-0.1, -0.05) is 29.3 Å². The molecule has 6 N–H and O–H groups in total. The fourth-order valence-corrected chi connectivity index (χ4v) is 6.68. The molecule has 1 saturated heterocycles. The van der Waals surface area contributed by atoms with Crippen LogP contribution in [-0.4, -0.2) is 61.0 Å². The first-order valence-electron chi connectivity index (χ1n) is 12.6. The standard InChI is InChI=1S/C26H30Cl2FN6O6P/c1-15(26(38)40-2)34-42(39,41-18-8-6-16(29)7-9-18)35-12-10-17(11-13-35)32-25(37)23(31)21(14-30)33-24(36)22-19(27)4-3-5-20(22)28/h3-9,14-15,17,30H,10-13,31H2,1-2H3,(H,32,37)(H,33,36)(H,34,39)/t15-,42?/m0/s1. The summed E-state index contributed by atoms with van der Waals surface area (Å²) in [7, 11) is -2.70. The van der Waals surface area contributed by atoms with Crippen molar-refractivity contribution in [2.75, 3.05) is 20.2 Å². The molecule has 12 nitrogen and oxygen atoms in total. The number of allylic oxidation sites excluding steroid dienone is 1. The number of hydrogen-bond acceptors (Lipinski definition) is 8. The van der Waals surface area contributed by atoms with Crippen LogP contribution in [-0.2, 0) is 18.9 Å². The van der Waals surface area contributed by atoms with E-state index in [1.54, 1.807) is 6.07 Å². The number of nitrogens with one attached hydrogen (secondary N) is 4. The van der Waals surface area contributed by atoms with Gasteiger partial charge in [0.15, 0.2) is 0 Å². The van der Waals surface area contributed by atoms with Crippen LogP contribution < -0.4 is 26.0 Å². The molecule has 0 aliphatic carbocycles. The molecular weight excluding hydrogens is 613 g/mol. The minimum atomic E-state index is -3.89. The number of benzene rings is 2. The predicted molar refractivity (Wildman–Crippen MR) is 156 cm³/mol. The SMILES string of the molecule is COC(=O)[C@H](C)NP(=O)(Oc1ccc(F)cc1)N1CCC(NC(=O)C(N)=C(C=N)NC(=O)c2c(Cl)cccc2Cl)CC1. The van der Waals surface area contributed by atoms with Gasteiger partial charge >= 0.3 is 13.6 Å². The number of rotatable bonds is 11. The monoisotopic (exact) mass is 642 g/mol. The first-order chi connectivity index (χ1) is 19.9. The van der Waals surface area contributed by atoms with Gasteiger partial charge in [0.05, 0.1) is 28.4 Å². The molecule has 2 aromatic carbocycles. The van der Waals surface area contributed by atoms with Crippen LogP contribution in [0, 0.1) is 11.2 Å². The van der Waals surface area contributed by atoms with Gasteiger partial charge in [-0.15, -0.1) is 0 Å². The summed E-state index contributed by atoms with van der Waals surface area (Å²) >= 11 is 12.1. The molecule has 0 saturated carbocycles. The highest BCUT2D eigenvalue weighted by Crippen LogP contribution is 2.48. The lowest BCUT2D eigenvalue weighted by Crippen LogP contribution is -2.48. The highest BCUT2D eigenvalue weighted by molar-refractivity contribution is 7.54. The van der Waals surface area contributed by atoms with Gasteiger partial charge in [0.1, 0.15) is 23.3 Å². The van der Waals surface area contributed by atoms with Gasteiger partial charge in [0, 0.05) is 25.3 Å². The summed E-state index contributed by atoms with van der Waals surface area (Å²) in [4.78, 5) is 37.6. The molecule has 226 valence electrons. The van der Waals surface area contributed by atoms with Crippen LogP contribution in [0.5, 0.6) is 5.75 Å². The normalized spacial score (nSPS) is 16.8. The van der Waals surface area contributed by atoms with Crippen molar-refractivity contribution in [2.24, 2.45) is 5.73 Å². The number of amides is 2. The van der Waals surface area contributed by atoms with E-state index in [2.05, 4.69) is 15.7 Å². The van der Waals surface area contributed by atoms with Crippen LogP contribution in [0.15, 0.2) is 53.9 Å². The smallest absolute Gasteiger partial charge is 0.393 e. The molecule has 0 bridgehead atoms. The molecular formula is C26H30Cl2FN6O6P. The Morgan fingerprint density at radius 1 is 1.14 bits per heavy atom. The van der Waals surface area contributed by atoms with E-state index in [0.717, 1.165) is 18.3 Å². The van der Waals surface area contributed by atoms with Crippen molar-refractivity contribution in [2.45, 2.75) is 31.8 Å². The number of nitrogens with zero attached hydrogens (tertiary/aromatic N) is 1. The third kappa shape index (κ3) is 8.30. The van der Waals surface area contributed by atoms with Gasteiger partial charge in [-0.2, -0.15) is 0 Å². The summed E-state index contributed by atoms with van der Waals surface area (Å²) in [5, 5.41) is 15.6. The van der Waals surface area contributed by atoms with Crippen molar-refractivity contribution < 1.29 is 32.6 Å². The molecule has 2 aromatic rings. The second-order valence-corrected chi connectivity index (χ2v) is 12.0. The molecule has 1 unspecified atom stereocenters. The number of halogens is 3. The lowest BCUT2D eigenvalue weighted by Gasteiger charge is -2.37. The number of carbonyl (C=O) groups is 3. The summed E-state index contributed by atoms with van der Waals surface area (Å²) in [5.41, 5.74) is 5.25. The molecule has 42 heavy (non-hydrogen) atoms. The van der Waals surface area contributed by atoms with Gasteiger partial charge in [0.25, 0.3) is 11.8 Å². The Morgan fingerprint density at radius 2 is 1.74 bits per heavy atom. The van der Waals surface area contributed by atoms with E-state index in [1.807, 2.05) is 0 Å². The van der Waals surface area contributed by atoms with Crippen molar-refractivity contribution in [1.29, 1.82) is 5.41 Å². The molecule has 1 heterocycles. The zero-order valence-electron chi connectivity index (χ0n) is 22.7. The number of carbonyl (C=O) groups excluding carboxylic acids is 3. The van der Waals surface area contributed by atoms with E-state index < -0.39 is 49.1 Å². The van der Waals surface area contributed by atoms with Crippen LogP contribution in [0.1, 0.15) is 30.1 Å². The summed E-state index contributed by atoms with van der Waals surface area (Å²) < 4.78 is 39.3. The molecule has 16 heteroatoms. The molecule has 0 radical (unpaired) electrons. The number of hydrogen-bond donors (Lipinski definition) is 5. The maximum atomic E-state index is 14.0. The second kappa shape index (κ2) is 14.6. The Hall–Kier alpha value is -3.48. The van der Waals surface area contributed by atoms with E-state index in [9.17, 15) is 23.3 Å². The summed E-state index contributed by atoms with van der Waals surface area (Å²) in [6.45, 7) is 1.81. The lowest BCUT2D eigenvalue weighted by atomic mass is 10.1. The second-order valence-electron chi connectivity index (χ2n) is 9.16. The zero-order chi connectivity index (χ0) is 31.0. The van der Waals surface area contributed by atoms with Crippen molar-refractivity contribution in [3.63, 3.8) is 0 Å². The van der Waals surface area contributed by atoms with Gasteiger partial charge in [-0.25, -0.2) is 18.7 Å². The maximum absolute atomic E-state index is 14.0. The van der Waals surface area contributed by atoms with Crippen LogP contribution in [0.3, 0.4) is 0 Å². The Kier molecular flexibility index (Phi) is 11.5. The van der Waals surface area contributed by atoms with Crippen LogP contribution >= 0.6 is 30.9 Å². The average molecular weight is 643 g/mol. The van der Waals surface area contributed by atoms with Gasteiger partial charge < -0.3 is 31.0 Å². The topological polar surface area (TPSA) is 176 Å². The fraction of sp³-hybridized carbons (Fsp3) is 0.308. The Balaban J connectivity index is 1.69. The lowest BCUT2D eigenvalue weighted by molar-refractivity contribution is -0.142. The third-order valence-electron chi connectivity index (χ3n) is 6.25. The summed E-state index contributed by atoms with van der Waals surface area (Å²) in [6.07, 6.45) is 1.34. The van der Waals surface area contributed by atoms with Gasteiger partial charge in [-0.05, 0) is 56.2 Å². The predicted octanol–water partition coefficient (Wildman–Crippen LogP) is 3.60. The number of esters is 1. The average Bonchev–Trinajstić information content (AvgIpc) is 2.96. The largest absolute Gasteiger partial charge is 0.468 e.